The Morgan fingerprint density at radius 2 is 1.83 bits per heavy atom. The van der Waals surface area contributed by atoms with Gasteiger partial charge in [-0.1, -0.05) is 43.3 Å². The van der Waals surface area contributed by atoms with E-state index in [4.69, 9.17) is 0 Å². The molecule has 0 aromatic heterocycles. The van der Waals surface area contributed by atoms with E-state index >= 15 is 0 Å². The normalized spacial score (nSPS) is 12.5. The van der Waals surface area contributed by atoms with Crippen LogP contribution in [0, 0.1) is 0 Å². The van der Waals surface area contributed by atoms with Crippen molar-refractivity contribution in [3.8, 4) is 0 Å². The zero-order valence-corrected chi connectivity index (χ0v) is 13.7. The fourth-order valence-corrected chi connectivity index (χ4v) is 2.80. The first-order chi connectivity index (χ1) is 11.4. The third kappa shape index (κ3) is 5.81. The minimum Gasteiger partial charge on any atom is -0.331 e. The van der Waals surface area contributed by atoms with Crippen molar-refractivity contribution in [1.29, 1.82) is 0 Å². The molecule has 1 unspecified atom stereocenters. The highest BCUT2D eigenvalue weighted by molar-refractivity contribution is 8.00. The molecule has 0 aliphatic carbocycles. The van der Waals surface area contributed by atoms with E-state index in [2.05, 4.69) is 10.6 Å². The average molecular weight is 354 g/mol. The zero-order chi connectivity index (χ0) is 17.6. The van der Waals surface area contributed by atoms with Crippen LogP contribution in [-0.2, 0) is 0 Å². The summed E-state index contributed by atoms with van der Waals surface area (Å²) in [5.74, 6) is 0. The Balaban J connectivity index is 2.00. The van der Waals surface area contributed by atoms with Crippen LogP contribution in [0.25, 0.3) is 0 Å². The van der Waals surface area contributed by atoms with E-state index in [1.165, 1.54) is 18.2 Å². The van der Waals surface area contributed by atoms with Crippen molar-refractivity contribution in [2.24, 2.45) is 0 Å². The lowest BCUT2D eigenvalue weighted by Gasteiger charge is -2.18. The first kappa shape index (κ1) is 18.2. The summed E-state index contributed by atoms with van der Waals surface area (Å²) in [6.07, 6.45) is 0.696. The van der Waals surface area contributed by atoms with Gasteiger partial charge in [-0.15, -0.1) is 0 Å². The molecule has 0 aliphatic heterocycles. The molecule has 128 valence electrons. The van der Waals surface area contributed by atoms with Gasteiger partial charge in [0.2, 0.25) is 0 Å². The number of halogens is 3. The topological polar surface area (TPSA) is 41.1 Å². The van der Waals surface area contributed by atoms with Crippen LogP contribution >= 0.6 is 11.8 Å². The molecule has 3 nitrogen and oxygen atoms in total. The summed E-state index contributed by atoms with van der Waals surface area (Å²) in [6.45, 7) is 1.94. The van der Waals surface area contributed by atoms with Gasteiger partial charge in [-0.25, -0.2) is 4.79 Å². The second kappa shape index (κ2) is 8.10. The minimum absolute atomic E-state index is 0.0235. The van der Waals surface area contributed by atoms with E-state index in [9.17, 15) is 18.0 Å². The predicted molar refractivity (Wildman–Crippen MR) is 90.0 cm³/mol. The predicted octanol–water partition coefficient (Wildman–Crippen LogP) is 5.57. The van der Waals surface area contributed by atoms with E-state index in [0.717, 1.165) is 5.56 Å². The van der Waals surface area contributed by atoms with Gasteiger partial charge in [0.1, 0.15) is 0 Å². The van der Waals surface area contributed by atoms with Crippen molar-refractivity contribution >= 4 is 23.5 Å². The van der Waals surface area contributed by atoms with Crippen LogP contribution in [0.4, 0.5) is 23.7 Å². The Bertz CT molecular complexity index is 677. The van der Waals surface area contributed by atoms with E-state index in [1.54, 1.807) is 6.07 Å². The second-order valence-electron chi connectivity index (χ2n) is 5.05. The number of rotatable bonds is 5. The average Bonchev–Trinajstić information content (AvgIpc) is 2.52. The number of benzene rings is 2. The number of nitrogens with one attached hydrogen (secondary N) is 2. The van der Waals surface area contributed by atoms with Gasteiger partial charge in [-0.2, -0.15) is 13.2 Å². The van der Waals surface area contributed by atoms with Gasteiger partial charge in [0.15, 0.2) is 0 Å². The summed E-state index contributed by atoms with van der Waals surface area (Å²) < 4.78 is 37.2. The van der Waals surface area contributed by atoms with Crippen molar-refractivity contribution in [3.05, 3.63) is 60.2 Å². The molecule has 0 spiro atoms. The molecule has 0 bridgehead atoms. The van der Waals surface area contributed by atoms with Gasteiger partial charge >= 0.3 is 11.5 Å². The highest BCUT2D eigenvalue weighted by Crippen LogP contribution is 2.37. The number of carbonyl (C=O) groups excluding carboxylic acids is 1. The van der Waals surface area contributed by atoms with Gasteiger partial charge in [0.25, 0.3) is 0 Å². The van der Waals surface area contributed by atoms with Crippen LogP contribution in [-0.4, -0.2) is 11.5 Å². The summed E-state index contributed by atoms with van der Waals surface area (Å²) in [5, 5.41) is 5.39. The Kier molecular flexibility index (Phi) is 6.14. The molecule has 2 amide bonds. The van der Waals surface area contributed by atoms with E-state index in [0.29, 0.717) is 12.1 Å². The Hall–Kier alpha value is -2.15. The molecule has 0 saturated heterocycles. The van der Waals surface area contributed by atoms with Crippen LogP contribution in [0.15, 0.2) is 59.5 Å². The number of carbonyl (C=O) groups is 1. The van der Waals surface area contributed by atoms with Crippen LogP contribution < -0.4 is 10.6 Å². The number of hydrogen-bond donors (Lipinski definition) is 2. The van der Waals surface area contributed by atoms with Gasteiger partial charge in [0, 0.05) is 10.6 Å². The first-order valence-corrected chi connectivity index (χ1v) is 8.17. The molecule has 0 saturated carbocycles. The lowest BCUT2D eigenvalue weighted by Crippen LogP contribution is -2.32. The molecule has 0 aliphatic rings. The summed E-state index contributed by atoms with van der Waals surface area (Å²) in [4.78, 5) is 12.1. The third-order valence-electron chi connectivity index (χ3n) is 3.24. The second-order valence-corrected chi connectivity index (χ2v) is 6.18. The fourth-order valence-electron chi connectivity index (χ4n) is 2.20. The minimum atomic E-state index is -4.36. The SMILES string of the molecule is CCC(NC(=O)Nc1cccc(SC(F)(F)F)c1)c1ccccc1. The molecule has 2 aromatic carbocycles. The summed E-state index contributed by atoms with van der Waals surface area (Å²) in [6, 6.07) is 14.5. The smallest absolute Gasteiger partial charge is 0.331 e. The molecule has 1 atom stereocenters. The summed E-state index contributed by atoms with van der Waals surface area (Å²) >= 11 is -0.214. The van der Waals surface area contributed by atoms with Crippen molar-refractivity contribution in [1.82, 2.24) is 5.32 Å². The maximum absolute atomic E-state index is 12.4. The molecule has 0 radical (unpaired) electrons. The van der Waals surface area contributed by atoms with Crippen LogP contribution in [0.1, 0.15) is 24.9 Å². The number of alkyl halides is 3. The summed E-state index contributed by atoms with van der Waals surface area (Å²) in [7, 11) is 0. The van der Waals surface area contributed by atoms with Crippen molar-refractivity contribution in [2.45, 2.75) is 29.8 Å². The number of thioether (sulfide) groups is 1. The monoisotopic (exact) mass is 354 g/mol. The number of urea groups is 1. The van der Waals surface area contributed by atoms with Crippen LogP contribution in [0.2, 0.25) is 0 Å². The van der Waals surface area contributed by atoms with Gasteiger partial charge in [-0.3, -0.25) is 0 Å². The van der Waals surface area contributed by atoms with Gasteiger partial charge in [-0.05, 0) is 41.9 Å². The molecular formula is C17H17F3N2OS. The standard InChI is InChI=1S/C17H17F3N2OS/c1-2-15(12-7-4-3-5-8-12)22-16(23)21-13-9-6-10-14(11-13)24-17(18,19)20/h3-11,15H,2H2,1H3,(H2,21,22,23). The molecule has 2 rings (SSSR count). The lowest BCUT2D eigenvalue weighted by atomic mass is 10.1. The third-order valence-corrected chi connectivity index (χ3v) is 3.96. The quantitative estimate of drug-likeness (QED) is 0.689. The van der Waals surface area contributed by atoms with Crippen molar-refractivity contribution < 1.29 is 18.0 Å². The molecule has 7 heteroatoms. The Morgan fingerprint density at radius 1 is 1.12 bits per heavy atom. The maximum atomic E-state index is 12.4. The van der Waals surface area contributed by atoms with Crippen molar-refractivity contribution in [3.63, 3.8) is 0 Å². The van der Waals surface area contributed by atoms with E-state index in [-0.39, 0.29) is 22.7 Å². The maximum Gasteiger partial charge on any atom is 0.446 e. The molecule has 2 N–H and O–H groups in total. The number of amides is 2. The summed E-state index contributed by atoms with van der Waals surface area (Å²) in [5.41, 5.74) is -3.08. The number of hydrogen-bond acceptors (Lipinski definition) is 2. The molecule has 2 aromatic rings. The molecule has 24 heavy (non-hydrogen) atoms. The van der Waals surface area contributed by atoms with Crippen LogP contribution in [0.3, 0.4) is 0 Å². The highest BCUT2D eigenvalue weighted by atomic mass is 32.2. The Morgan fingerprint density at radius 3 is 2.46 bits per heavy atom. The fraction of sp³-hybridized carbons (Fsp3) is 0.235. The van der Waals surface area contributed by atoms with E-state index in [1.807, 2.05) is 37.3 Å². The van der Waals surface area contributed by atoms with Gasteiger partial charge < -0.3 is 10.6 Å². The lowest BCUT2D eigenvalue weighted by molar-refractivity contribution is -0.0328. The first-order valence-electron chi connectivity index (χ1n) is 7.35. The molecule has 0 heterocycles. The number of anilines is 1. The molecule has 0 fully saturated rings. The van der Waals surface area contributed by atoms with Crippen molar-refractivity contribution in [2.75, 3.05) is 5.32 Å². The van der Waals surface area contributed by atoms with E-state index < -0.39 is 11.5 Å². The largest absolute Gasteiger partial charge is 0.446 e. The van der Waals surface area contributed by atoms with Gasteiger partial charge in [0.05, 0.1) is 6.04 Å². The molecular weight excluding hydrogens is 337 g/mol. The zero-order valence-electron chi connectivity index (χ0n) is 12.9. The Labute approximate surface area is 142 Å². The highest BCUT2D eigenvalue weighted by Gasteiger charge is 2.29. The van der Waals surface area contributed by atoms with Crippen LogP contribution in [0.5, 0.6) is 0 Å².